The maximum absolute atomic E-state index is 12.8. The third-order valence-corrected chi connectivity index (χ3v) is 4.66. The molecule has 3 aromatic carbocycles. The average Bonchev–Trinajstić information content (AvgIpc) is 2.72. The van der Waals surface area contributed by atoms with Crippen molar-refractivity contribution >= 4 is 11.6 Å². The van der Waals surface area contributed by atoms with Gasteiger partial charge in [0.2, 0.25) is 0 Å². The van der Waals surface area contributed by atoms with Crippen molar-refractivity contribution in [1.82, 2.24) is 0 Å². The normalized spacial score (nSPS) is 11.0. The molecule has 0 saturated carbocycles. The Balaban J connectivity index is 1.76. The third kappa shape index (κ3) is 5.38. The molecule has 0 radical (unpaired) electrons. The van der Waals surface area contributed by atoms with E-state index in [0.717, 1.165) is 11.1 Å². The van der Waals surface area contributed by atoms with Gasteiger partial charge in [-0.25, -0.2) is 0 Å². The summed E-state index contributed by atoms with van der Waals surface area (Å²) < 4.78 is 11.3. The Morgan fingerprint density at radius 1 is 0.931 bits per heavy atom. The van der Waals surface area contributed by atoms with E-state index in [9.17, 15) is 4.79 Å². The van der Waals surface area contributed by atoms with E-state index in [1.165, 1.54) is 0 Å². The lowest BCUT2D eigenvalue weighted by Gasteiger charge is -2.21. The van der Waals surface area contributed by atoms with Crippen LogP contribution in [-0.4, -0.2) is 13.0 Å². The Bertz CT molecular complexity index is 975. The first kappa shape index (κ1) is 20.5. The zero-order valence-corrected chi connectivity index (χ0v) is 17.4. The summed E-state index contributed by atoms with van der Waals surface area (Å²) in [5.41, 5.74) is 3.34. The summed E-state index contributed by atoms with van der Waals surface area (Å²) in [6.45, 7) is 6.85. The monoisotopic (exact) mass is 389 g/mol. The summed E-state index contributed by atoms with van der Waals surface area (Å²) in [6.07, 6.45) is 0. The molecule has 0 saturated heterocycles. The number of rotatable bonds is 6. The number of carbonyl (C=O) groups is 1. The van der Waals surface area contributed by atoms with E-state index in [1.807, 2.05) is 60.7 Å². The highest BCUT2D eigenvalue weighted by molar-refractivity contribution is 6.05. The molecule has 0 spiro atoms. The number of hydrogen-bond acceptors (Lipinski definition) is 3. The first-order chi connectivity index (χ1) is 13.9. The maximum atomic E-state index is 12.8. The Kier molecular flexibility index (Phi) is 6.23. The summed E-state index contributed by atoms with van der Waals surface area (Å²) in [4.78, 5) is 12.8. The van der Waals surface area contributed by atoms with Crippen LogP contribution >= 0.6 is 0 Å². The molecule has 150 valence electrons. The Labute approximate surface area is 172 Å². The van der Waals surface area contributed by atoms with Gasteiger partial charge in [0.15, 0.2) is 0 Å². The molecule has 0 aliphatic rings. The molecule has 0 aromatic heterocycles. The number of amides is 1. The fourth-order valence-corrected chi connectivity index (χ4v) is 2.93. The molecule has 1 amide bonds. The van der Waals surface area contributed by atoms with Gasteiger partial charge in [-0.15, -0.1) is 0 Å². The van der Waals surface area contributed by atoms with E-state index in [2.05, 4.69) is 26.1 Å². The van der Waals surface area contributed by atoms with Crippen molar-refractivity contribution in [1.29, 1.82) is 0 Å². The lowest BCUT2D eigenvalue weighted by atomic mass is 9.87. The first-order valence-corrected chi connectivity index (χ1v) is 9.63. The van der Waals surface area contributed by atoms with Crippen LogP contribution in [0.3, 0.4) is 0 Å². The van der Waals surface area contributed by atoms with Crippen LogP contribution in [0, 0.1) is 0 Å². The molecule has 0 aliphatic carbocycles. The van der Waals surface area contributed by atoms with Gasteiger partial charge in [0.1, 0.15) is 18.1 Å². The highest BCUT2D eigenvalue weighted by Gasteiger charge is 2.17. The third-order valence-electron chi connectivity index (χ3n) is 4.66. The molecule has 0 atom stereocenters. The fraction of sp³-hybridized carbons (Fsp3) is 0.240. The standard InChI is InChI=1S/C25H27NO3/c1-25(2,3)20-13-14-23(28-4)22(16-20)26-24(27)19-11-8-12-21(15-19)29-17-18-9-6-5-7-10-18/h5-16H,17H2,1-4H3,(H,26,27). The molecule has 3 aromatic rings. The lowest BCUT2D eigenvalue weighted by Crippen LogP contribution is -2.15. The lowest BCUT2D eigenvalue weighted by molar-refractivity contribution is 0.102. The number of hydrogen-bond donors (Lipinski definition) is 1. The highest BCUT2D eigenvalue weighted by atomic mass is 16.5. The van der Waals surface area contributed by atoms with Crippen molar-refractivity contribution in [2.24, 2.45) is 0 Å². The van der Waals surface area contributed by atoms with Crippen molar-refractivity contribution in [3.8, 4) is 11.5 Å². The Morgan fingerprint density at radius 3 is 2.38 bits per heavy atom. The van der Waals surface area contributed by atoms with E-state index in [-0.39, 0.29) is 11.3 Å². The summed E-state index contributed by atoms with van der Waals surface area (Å²) in [5.74, 6) is 1.07. The topological polar surface area (TPSA) is 47.6 Å². The molecular weight excluding hydrogens is 362 g/mol. The smallest absolute Gasteiger partial charge is 0.255 e. The Morgan fingerprint density at radius 2 is 1.69 bits per heavy atom. The van der Waals surface area contributed by atoms with Crippen LogP contribution in [0.2, 0.25) is 0 Å². The van der Waals surface area contributed by atoms with Gasteiger partial charge in [0.05, 0.1) is 12.8 Å². The molecule has 0 bridgehead atoms. The predicted octanol–water partition coefficient (Wildman–Crippen LogP) is 5.82. The zero-order valence-electron chi connectivity index (χ0n) is 17.4. The quantitative estimate of drug-likeness (QED) is 0.577. The van der Waals surface area contributed by atoms with Crippen LogP contribution in [0.1, 0.15) is 42.3 Å². The maximum Gasteiger partial charge on any atom is 0.255 e. The molecule has 0 unspecified atom stereocenters. The molecule has 0 heterocycles. The minimum absolute atomic E-state index is 0.0308. The largest absolute Gasteiger partial charge is 0.495 e. The van der Waals surface area contributed by atoms with Gasteiger partial charge in [-0.1, -0.05) is 63.2 Å². The molecule has 0 fully saturated rings. The van der Waals surface area contributed by atoms with Gasteiger partial charge in [0.25, 0.3) is 5.91 Å². The highest BCUT2D eigenvalue weighted by Crippen LogP contribution is 2.31. The number of benzene rings is 3. The average molecular weight is 389 g/mol. The summed E-state index contributed by atoms with van der Waals surface area (Å²) in [5, 5.41) is 2.97. The van der Waals surface area contributed by atoms with Gasteiger partial charge in [-0.3, -0.25) is 4.79 Å². The van der Waals surface area contributed by atoms with Crippen molar-refractivity contribution in [3.05, 3.63) is 89.5 Å². The van der Waals surface area contributed by atoms with E-state index >= 15 is 0 Å². The first-order valence-electron chi connectivity index (χ1n) is 9.63. The van der Waals surface area contributed by atoms with Crippen LogP contribution in [0.15, 0.2) is 72.8 Å². The second kappa shape index (κ2) is 8.82. The van der Waals surface area contributed by atoms with Gasteiger partial charge in [-0.05, 0) is 46.9 Å². The van der Waals surface area contributed by atoms with Crippen LogP contribution in [-0.2, 0) is 12.0 Å². The fourth-order valence-electron chi connectivity index (χ4n) is 2.93. The van der Waals surface area contributed by atoms with Crippen LogP contribution in [0.4, 0.5) is 5.69 Å². The number of ether oxygens (including phenoxy) is 2. The van der Waals surface area contributed by atoms with Gasteiger partial charge in [0, 0.05) is 5.56 Å². The second-order valence-corrected chi connectivity index (χ2v) is 7.92. The van der Waals surface area contributed by atoms with Gasteiger partial charge >= 0.3 is 0 Å². The number of carbonyl (C=O) groups excluding carboxylic acids is 1. The van der Waals surface area contributed by atoms with E-state index < -0.39 is 0 Å². The summed E-state index contributed by atoms with van der Waals surface area (Å²) in [6, 6.07) is 23.0. The van der Waals surface area contributed by atoms with Crippen LogP contribution in [0.5, 0.6) is 11.5 Å². The SMILES string of the molecule is COc1ccc(C(C)(C)C)cc1NC(=O)c1cccc(OCc2ccccc2)c1. The van der Waals surface area contributed by atoms with Crippen LogP contribution < -0.4 is 14.8 Å². The van der Waals surface area contributed by atoms with Gasteiger partial charge in [-0.2, -0.15) is 0 Å². The second-order valence-electron chi connectivity index (χ2n) is 7.92. The molecule has 3 rings (SSSR count). The molecule has 1 N–H and O–H groups in total. The predicted molar refractivity (Wildman–Crippen MR) is 117 cm³/mol. The van der Waals surface area contributed by atoms with E-state index in [4.69, 9.17) is 9.47 Å². The van der Waals surface area contributed by atoms with Crippen molar-refractivity contribution in [2.45, 2.75) is 32.8 Å². The minimum atomic E-state index is -0.209. The van der Waals surface area contributed by atoms with Crippen molar-refractivity contribution in [3.63, 3.8) is 0 Å². The van der Waals surface area contributed by atoms with Crippen molar-refractivity contribution in [2.75, 3.05) is 12.4 Å². The minimum Gasteiger partial charge on any atom is -0.495 e. The van der Waals surface area contributed by atoms with E-state index in [1.54, 1.807) is 19.2 Å². The molecule has 4 nitrogen and oxygen atoms in total. The summed E-state index contributed by atoms with van der Waals surface area (Å²) >= 11 is 0. The van der Waals surface area contributed by atoms with E-state index in [0.29, 0.717) is 29.4 Å². The molecule has 4 heteroatoms. The van der Waals surface area contributed by atoms with Crippen LogP contribution in [0.25, 0.3) is 0 Å². The molecule has 0 aliphatic heterocycles. The molecular formula is C25H27NO3. The van der Waals surface area contributed by atoms with Gasteiger partial charge < -0.3 is 14.8 Å². The Hall–Kier alpha value is -3.27. The zero-order chi connectivity index (χ0) is 20.9. The number of methoxy groups -OCH3 is 1. The number of anilines is 1. The number of nitrogens with one attached hydrogen (secondary N) is 1. The van der Waals surface area contributed by atoms with Crippen molar-refractivity contribution < 1.29 is 14.3 Å². The summed E-state index contributed by atoms with van der Waals surface area (Å²) in [7, 11) is 1.60. The molecule has 29 heavy (non-hydrogen) atoms.